The molecule has 3 aromatic rings. The molecule has 1 aliphatic heterocycles. The van der Waals surface area contributed by atoms with Gasteiger partial charge in [0.15, 0.2) is 0 Å². The number of para-hydroxylation sites is 1. The molecular weight excluding hydrogens is 378 g/mol. The van der Waals surface area contributed by atoms with E-state index in [9.17, 15) is 4.79 Å². The number of ether oxygens (including phenoxy) is 1. The number of rotatable bonds is 6. The highest BCUT2D eigenvalue weighted by Gasteiger charge is 2.34. The van der Waals surface area contributed by atoms with Gasteiger partial charge in [0, 0.05) is 24.5 Å². The molecule has 4 rings (SSSR count). The summed E-state index contributed by atoms with van der Waals surface area (Å²) in [6, 6.07) is 15.1. The lowest BCUT2D eigenvalue weighted by Crippen LogP contribution is -2.24. The second-order valence-electron chi connectivity index (χ2n) is 6.69. The van der Waals surface area contributed by atoms with Crippen LogP contribution in [0.4, 0.5) is 0 Å². The van der Waals surface area contributed by atoms with Gasteiger partial charge in [-0.15, -0.1) is 0 Å². The summed E-state index contributed by atoms with van der Waals surface area (Å²) in [5, 5.41) is 4.79. The van der Waals surface area contributed by atoms with Crippen LogP contribution in [-0.2, 0) is 11.3 Å². The molecular formula is C21H20ClN3O3. The molecule has 0 bridgehead atoms. The summed E-state index contributed by atoms with van der Waals surface area (Å²) in [4.78, 5) is 18.8. The zero-order valence-corrected chi connectivity index (χ0v) is 16.2. The quantitative estimate of drug-likeness (QED) is 0.620. The third-order valence-electron chi connectivity index (χ3n) is 4.72. The van der Waals surface area contributed by atoms with Gasteiger partial charge in [0.05, 0.1) is 18.1 Å². The Morgan fingerprint density at radius 2 is 2.00 bits per heavy atom. The van der Waals surface area contributed by atoms with E-state index in [1.807, 2.05) is 60.4 Å². The Morgan fingerprint density at radius 3 is 2.79 bits per heavy atom. The molecule has 28 heavy (non-hydrogen) atoms. The SMILES string of the molecule is CCOc1ccccc1-c1noc(C2CC(=O)N(Cc3ccc(Cl)cc3)C2)n1. The number of nitrogens with zero attached hydrogens (tertiary/aromatic N) is 3. The average Bonchev–Trinajstić information content (AvgIpc) is 3.32. The first-order valence-electron chi connectivity index (χ1n) is 9.22. The Morgan fingerprint density at radius 1 is 1.21 bits per heavy atom. The van der Waals surface area contributed by atoms with Gasteiger partial charge in [-0.3, -0.25) is 4.79 Å². The summed E-state index contributed by atoms with van der Waals surface area (Å²) in [6.45, 7) is 3.58. The summed E-state index contributed by atoms with van der Waals surface area (Å²) in [7, 11) is 0. The smallest absolute Gasteiger partial charge is 0.232 e. The molecule has 2 heterocycles. The Bertz CT molecular complexity index is 971. The summed E-state index contributed by atoms with van der Waals surface area (Å²) in [6.07, 6.45) is 0.363. The van der Waals surface area contributed by atoms with Crippen molar-refractivity contribution in [2.75, 3.05) is 13.2 Å². The van der Waals surface area contributed by atoms with Gasteiger partial charge in [-0.05, 0) is 36.8 Å². The molecule has 144 valence electrons. The van der Waals surface area contributed by atoms with E-state index in [1.54, 1.807) is 0 Å². The molecule has 6 nitrogen and oxygen atoms in total. The van der Waals surface area contributed by atoms with Crippen LogP contribution in [0.25, 0.3) is 11.4 Å². The molecule has 1 amide bonds. The van der Waals surface area contributed by atoms with Crippen molar-refractivity contribution >= 4 is 17.5 Å². The largest absolute Gasteiger partial charge is 0.493 e. The minimum Gasteiger partial charge on any atom is -0.493 e. The van der Waals surface area contributed by atoms with Gasteiger partial charge in [-0.25, -0.2) is 0 Å². The maximum absolute atomic E-state index is 12.4. The van der Waals surface area contributed by atoms with E-state index in [0.717, 1.165) is 11.1 Å². The number of aromatic nitrogens is 2. The van der Waals surface area contributed by atoms with Gasteiger partial charge >= 0.3 is 0 Å². The molecule has 1 fully saturated rings. The highest BCUT2D eigenvalue weighted by Crippen LogP contribution is 2.32. The summed E-state index contributed by atoms with van der Waals surface area (Å²) >= 11 is 5.93. The van der Waals surface area contributed by atoms with Crippen LogP contribution >= 0.6 is 11.6 Å². The van der Waals surface area contributed by atoms with Crippen LogP contribution in [0.5, 0.6) is 5.75 Å². The lowest BCUT2D eigenvalue weighted by molar-refractivity contribution is -0.128. The predicted molar refractivity (Wildman–Crippen MR) is 105 cm³/mol. The molecule has 1 unspecified atom stereocenters. The Labute approximate surface area is 168 Å². The number of hydrogen-bond acceptors (Lipinski definition) is 5. The highest BCUT2D eigenvalue weighted by atomic mass is 35.5. The molecule has 0 N–H and O–H groups in total. The highest BCUT2D eigenvalue weighted by molar-refractivity contribution is 6.30. The van der Waals surface area contributed by atoms with Crippen LogP contribution in [0, 0.1) is 0 Å². The van der Waals surface area contributed by atoms with Gasteiger partial charge in [0.2, 0.25) is 17.6 Å². The molecule has 0 aliphatic carbocycles. The Kier molecular flexibility index (Phi) is 5.30. The van der Waals surface area contributed by atoms with Crippen LogP contribution < -0.4 is 4.74 Å². The summed E-state index contributed by atoms with van der Waals surface area (Å²) < 4.78 is 11.1. The minimum absolute atomic E-state index is 0.0782. The number of benzene rings is 2. The standard InChI is InChI=1S/C21H20ClN3O3/c1-2-27-18-6-4-3-5-17(18)20-23-21(28-24-20)15-11-19(26)25(13-15)12-14-7-9-16(22)10-8-14/h3-10,15H,2,11-13H2,1H3. The first kappa shape index (κ1) is 18.5. The lowest BCUT2D eigenvalue weighted by atomic mass is 10.1. The number of hydrogen-bond donors (Lipinski definition) is 0. The van der Waals surface area contributed by atoms with Crippen LogP contribution in [0.1, 0.15) is 30.7 Å². The topological polar surface area (TPSA) is 68.5 Å². The van der Waals surface area contributed by atoms with E-state index in [0.29, 0.717) is 48.6 Å². The number of carbonyl (C=O) groups excluding carboxylic acids is 1. The van der Waals surface area contributed by atoms with Crippen LogP contribution in [0.3, 0.4) is 0 Å². The molecule has 1 aliphatic rings. The molecule has 7 heteroatoms. The average molecular weight is 398 g/mol. The normalized spacial score (nSPS) is 16.6. The minimum atomic E-state index is -0.111. The van der Waals surface area contributed by atoms with E-state index in [-0.39, 0.29) is 11.8 Å². The van der Waals surface area contributed by atoms with E-state index in [2.05, 4.69) is 10.1 Å². The fraction of sp³-hybridized carbons (Fsp3) is 0.286. The number of likely N-dealkylation sites (tertiary alicyclic amines) is 1. The number of carbonyl (C=O) groups is 1. The Balaban J connectivity index is 1.49. The van der Waals surface area contributed by atoms with Crippen molar-refractivity contribution in [2.45, 2.75) is 25.8 Å². The lowest BCUT2D eigenvalue weighted by Gasteiger charge is -2.16. The van der Waals surface area contributed by atoms with Crippen molar-refractivity contribution in [1.82, 2.24) is 15.0 Å². The fourth-order valence-electron chi connectivity index (χ4n) is 3.34. The monoisotopic (exact) mass is 397 g/mol. The van der Waals surface area contributed by atoms with Crippen molar-refractivity contribution < 1.29 is 14.1 Å². The third kappa shape index (κ3) is 3.87. The fourth-order valence-corrected chi connectivity index (χ4v) is 3.47. The summed E-state index contributed by atoms with van der Waals surface area (Å²) in [5.74, 6) is 1.63. The molecule has 0 saturated carbocycles. The molecule has 1 saturated heterocycles. The molecule has 1 aromatic heterocycles. The van der Waals surface area contributed by atoms with Crippen LogP contribution in [0.15, 0.2) is 53.1 Å². The van der Waals surface area contributed by atoms with Crippen LogP contribution in [0.2, 0.25) is 5.02 Å². The first-order valence-corrected chi connectivity index (χ1v) is 9.60. The van der Waals surface area contributed by atoms with Crippen molar-refractivity contribution in [3.8, 4) is 17.1 Å². The van der Waals surface area contributed by atoms with Gasteiger partial charge in [-0.1, -0.05) is 41.0 Å². The van der Waals surface area contributed by atoms with Crippen molar-refractivity contribution in [3.63, 3.8) is 0 Å². The zero-order valence-electron chi connectivity index (χ0n) is 15.5. The van der Waals surface area contributed by atoms with Gasteiger partial charge < -0.3 is 14.2 Å². The number of amides is 1. The van der Waals surface area contributed by atoms with E-state index in [4.69, 9.17) is 20.9 Å². The number of halogens is 1. The van der Waals surface area contributed by atoms with E-state index in [1.165, 1.54) is 0 Å². The molecule has 0 radical (unpaired) electrons. The van der Waals surface area contributed by atoms with E-state index >= 15 is 0 Å². The Hall–Kier alpha value is -2.86. The molecule has 0 spiro atoms. The van der Waals surface area contributed by atoms with Gasteiger partial charge in [0.25, 0.3) is 0 Å². The van der Waals surface area contributed by atoms with Crippen molar-refractivity contribution in [1.29, 1.82) is 0 Å². The van der Waals surface area contributed by atoms with Crippen LogP contribution in [-0.4, -0.2) is 34.1 Å². The van der Waals surface area contributed by atoms with Gasteiger partial charge in [-0.2, -0.15) is 4.98 Å². The maximum atomic E-state index is 12.4. The molecule has 2 aromatic carbocycles. The second kappa shape index (κ2) is 8.02. The third-order valence-corrected chi connectivity index (χ3v) is 4.97. The summed E-state index contributed by atoms with van der Waals surface area (Å²) in [5.41, 5.74) is 1.82. The zero-order chi connectivity index (χ0) is 19.5. The second-order valence-corrected chi connectivity index (χ2v) is 7.12. The van der Waals surface area contributed by atoms with Gasteiger partial charge in [0.1, 0.15) is 5.75 Å². The van der Waals surface area contributed by atoms with Crippen molar-refractivity contribution in [3.05, 3.63) is 65.0 Å². The van der Waals surface area contributed by atoms with Crippen molar-refractivity contribution in [2.24, 2.45) is 0 Å². The predicted octanol–water partition coefficient (Wildman–Crippen LogP) is 4.30. The molecule has 1 atom stereocenters. The first-order chi connectivity index (χ1) is 13.6. The maximum Gasteiger partial charge on any atom is 0.232 e. The van der Waals surface area contributed by atoms with E-state index < -0.39 is 0 Å².